The van der Waals surface area contributed by atoms with Gasteiger partial charge in [0.25, 0.3) is 0 Å². The molecule has 0 aromatic heterocycles. The molecule has 0 fully saturated rings. The number of aliphatic hydroxyl groups excluding tert-OH is 2. The van der Waals surface area contributed by atoms with E-state index in [0.29, 0.717) is 6.42 Å². The lowest BCUT2D eigenvalue weighted by Gasteiger charge is -2.19. The van der Waals surface area contributed by atoms with Gasteiger partial charge in [-0.15, -0.1) is 0 Å². The molecule has 2 atom stereocenters. The molecule has 72 heavy (non-hydrogen) atoms. The first-order valence-corrected chi connectivity index (χ1v) is 32.2. The van der Waals surface area contributed by atoms with Crippen molar-refractivity contribution in [3.8, 4) is 0 Å². The van der Waals surface area contributed by atoms with Gasteiger partial charge in [-0.25, -0.2) is 0 Å². The van der Waals surface area contributed by atoms with E-state index < -0.39 is 12.1 Å². The van der Waals surface area contributed by atoms with Gasteiger partial charge in [-0.05, 0) is 70.6 Å². The van der Waals surface area contributed by atoms with E-state index >= 15 is 0 Å². The molecule has 0 rings (SSSR count). The van der Waals surface area contributed by atoms with E-state index in [0.717, 1.165) is 57.8 Å². The average Bonchev–Trinajstić information content (AvgIpc) is 3.39. The molecule has 420 valence electrons. The smallest absolute Gasteiger partial charge is 0.220 e. The second-order valence-electron chi connectivity index (χ2n) is 21.8. The van der Waals surface area contributed by atoms with Crippen molar-refractivity contribution in [3.05, 3.63) is 72.9 Å². The Morgan fingerprint density at radius 1 is 0.347 bits per heavy atom. The van der Waals surface area contributed by atoms with Crippen LogP contribution in [0.1, 0.15) is 335 Å². The second-order valence-corrected chi connectivity index (χ2v) is 21.8. The highest BCUT2D eigenvalue weighted by Gasteiger charge is 2.18. The zero-order valence-corrected chi connectivity index (χ0v) is 48.4. The van der Waals surface area contributed by atoms with Gasteiger partial charge < -0.3 is 15.5 Å². The highest BCUT2D eigenvalue weighted by Crippen LogP contribution is 2.18. The Balaban J connectivity index is 3.49. The summed E-state index contributed by atoms with van der Waals surface area (Å²) in [5, 5.41) is 23.2. The van der Waals surface area contributed by atoms with Crippen LogP contribution in [0.15, 0.2) is 72.9 Å². The maximum atomic E-state index is 12.5. The lowest BCUT2D eigenvalue weighted by atomic mass is 10.0. The van der Waals surface area contributed by atoms with Gasteiger partial charge in [-0.3, -0.25) is 4.79 Å². The molecular formula is C68H125NO3. The number of hydrogen-bond acceptors (Lipinski definition) is 3. The number of hydrogen-bond donors (Lipinski definition) is 3. The summed E-state index contributed by atoms with van der Waals surface area (Å²) < 4.78 is 0. The third-order valence-electron chi connectivity index (χ3n) is 14.7. The van der Waals surface area contributed by atoms with E-state index in [4.69, 9.17) is 0 Å². The van der Waals surface area contributed by atoms with Crippen LogP contribution in [0, 0.1) is 0 Å². The number of amides is 1. The SMILES string of the molecule is CC/C=C\C/C=C\C/C=C\C/C=C\CCCCCCCCCCCCCCCCC(=O)NC(CO)C(O)/C=C/CC/C=C/CCCCCCCCCCCCCCCCCCCCCCCCCCCCC. The zero-order chi connectivity index (χ0) is 52.0. The summed E-state index contributed by atoms with van der Waals surface area (Å²) in [6.07, 6.45) is 91.1. The van der Waals surface area contributed by atoms with E-state index in [1.54, 1.807) is 6.08 Å². The molecule has 3 N–H and O–H groups in total. The molecule has 4 heteroatoms. The Morgan fingerprint density at radius 2 is 0.625 bits per heavy atom. The van der Waals surface area contributed by atoms with Gasteiger partial charge in [0.2, 0.25) is 5.91 Å². The van der Waals surface area contributed by atoms with E-state index in [1.807, 2.05) is 6.08 Å². The molecule has 1 amide bonds. The van der Waals surface area contributed by atoms with Crippen LogP contribution in [-0.2, 0) is 4.79 Å². The third-order valence-corrected chi connectivity index (χ3v) is 14.7. The minimum Gasteiger partial charge on any atom is -0.394 e. The molecule has 4 nitrogen and oxygen atoms in total. The van der Waals surface area contributed by atoms with E-state index in [9.17, 15) is 15.0 Å². The van der Waals surface area contributed by atoms with Crippen molar-refractivity contribution in [2.75, 3.05) is 6.61 Å². The summed E-state index contributed by atoms with van der Waals surface area (Å²) in [7, 11) is 0. The van der Waals surface area contributed by atoms with Gasteiger partial charge >= 0.3 is 0 Å². The van der Waals surface area contributed by atoms with E-state index in [1.165, 1.54) is 257 Å². The molecule has 0 spiro atoms. The van der Waals surface area contributed by atoms with Crippen LogP contribution in [0.5, 0.6) is 0 Å². The Morgan fingerprint density at radius 3 is 0.972 bits per heavy atom. The molecule has 0 heterocycles. The quantitative estimate of drug-likeness (QED) is 0.0420. The van der Waals surface area contributed by atoms with Crippen LogP contribution >= 0.6 is 0 Å². The lowest BCUT2D eigenvalue weighted by Crippen LogP contribution is -2.45. The Bertz CT molecular complexity index is 1230. The number of unbranched alkanes of at least 4 members (excludes halogenated alkanes) is 42. The number of nitrogens with one attached hydrogen (secondary N) is 1. The number of carbonyl (C=O) groups excluding carboxylic acids is 1. The fourth-order valence-electron chi connectivity index (χ4n) is 9.84. The minimum absolute atomic E-state index is 0.0727. The van der Waals surface area contributed by atoms with E-state index in [2.05, 4.69) is 79.9 Å². The highest BCUT2D eigenvalue weighted by atomic mass is 16.3. The predicted molar refractivity (Wildman–Crippen MR) is 322 cm³/mol. The zero-order valence-electron chi connectivity index (χ0n) is 48.4. The van der Waals surface area contributed by atoms with Gasteiger partial charge in [0.15, 0.2) is 0 Å². The second kappa shape index (κ2) is 63.1. The molecule has 0 aromatic rings. The summed E-state index contributed by atoms with van der Waals surface area (Å²) in [5.41, 5.74) is 0. The maximum Gasteiger partial charge on any atom is 0.220 e. The van der Waals surface area contributed by atoms with E-state index in [-0.39, 0.29) is 12.5 Å². The maximum absolute atomic E-state index is 12.5. The van der Waals surface area contributed by atoms with Crippen LogP contribution in [0.25, 0.3) is 0 Å². The van der Waals surface area contributed by atoms with Crippen LogP contribution in [0.4, 0.5) is 0 Å². The fourth-order valence-corrected chi connectivity index (χ4v) is 9.84. The highest BCUT2D eigenvalue weighted by molar-refractivity contribution is 5.76. The summed E-state index contributed by atoms with van der Waals surface area (Å²) in [4.78, 5) is 12.5. The topological polar surface area (TPSA) is 69.6 Å². The summed E-state index contributed by atoms with van der Waals surface area (Å²) in [6.45, 7) is 4.22. The first-order valence-electron chi connectivity index (χ1n) is 32.2. The van der Waals surface area contributed by atoms with Gasteiger partial charge in [0.1, 0.15) is 0 Å². The normalized spacial score (nSPS) is 13.2. The standard InChI is InChI=1S/C68H125NO3/c1-3-5-7-9-11-13-15-17-19-21-23-25-27-29-31-32-33-34-35-36-38-39-41-43-45-47-49-51-53-55-57-59-61-63-67(71)66(65-70)69-68(72)64-62-60-58-56-54-52-50-48-46-44-42-40-37-30-28-26-24-22-20-18-16-14-12-10-8-6-4-2/h6,8,12,14,18,20,24,26,53,55,61,63,66-67,70-71H,3-5,7,9-11,13,15-17,19,21-23,25,27-52,54,56-60,62,64-65H2,1-2H3,(H,69,72)/b8-6-,14-12-,20-18-,26-24-,55-53+,63-61+. The molecule has 0 aliphatic heterocycles. The van der Waals surface area contributed by atoms with Gasteiger partial charge in [0, 0.05) is 6.42 Å². The molecule has 0 aliphatic carbocycles. The van der Waals surface area contributed by atoms with Crippen LogP contribution in [0.2, 0.25) is 0 Å². The molecule has 0 bridgehead atoms. The molecule has 0 radical (unpaired) electrons. The van der Waals surface area contributed by atoms with Gasteiger partial charge in [0.05, 0.1) is 18.8 Å². The monoisotopic (exact) mass is 1000 g/mol. The van der Waals surface area contributed by atoms with Crippen molar-refractivity contribution in [1.29, 1.82) is 0 Å². The largest absolute Gasteiger partial charge is 0.394 e. The number of aliphatic hydroxyl groups is 2. The van der Waals surface area contributed by atoms with Crippen molar-refractivity contribution in [2.45, 2.75) is 347 Å². The van der Waals surface area contributed by atoms with Crippen molar-refractivity contribution < 1.29 is 15.0 Å². The molecular weight excluding hydrogens is 879 g/mol. The molecule has 0 saturated carbocycles. The predicted octanol–water partition coefficient (Wildman–Crippen LogP) is 21.7. The number of rotatable bonds is 59. The van der Waals surface area contributed by atoms with Crippen LogP contribution in [0.3, 0.4) is 0 Å². The lowest BCUT2D eigenvalue weighted by molar-refractivity contribution is -0.123. The number of carbonyl (C=O) groups is 1. The van der Waals surface area contributed by atoms with Gasteiger partial charge in [-0.1, -0.05) is 331 Å². The Hall–Kier alpha value is -2.17. The minimum atomic E-state index is -0.867. The summed E-state index contributed by atoms with van der Waals surface area (Å²) in [6, 6.07) is -0.644. The molecule has 0 aromatic carbocycles. The molecule has 0 aliphatic rings. The third kappa shape index (κ3) is 58.7. The molecule has 2 unspecified atom stereocenters. The number of allylic oxidation sites excluding steroid dienone is 11. The van der Waals surface area contributed by atoms with Gasteiger partial charge in [-0.2, -0.15) is 0 Å². The summed E-state index contributed by atoms with van der Waals surface area (Å²) in [5.74, 6) is -0.0727. The Labute approximate surface area is 450 Å². The van der Waals surface area contributed by atoms with Crippen LogP contribution < -0.4 is 5.32 Å². The molecule has 0 saturated heterocycles. The average molecular weight is 1000 g/mol. The van der Waals surface area contributed by atoms with Crippen molar-refractivity contribution in [2.24, 2.45) is 0 Å². The van der Waals surface area contributed by atoms with Crippen molar-refractivity contribution in [1.82, 2.24) is 5.32 Å². The first kappa shape index (κ1) is 69.8. The fraction of sp³-hybridized carbons (Fsp3) is 0.809. The summed E-state index contributed by atoms with van der Waals surface area (Å²) >= 11 is 0. The van der Waals surface area contributed by atoms with Crippen molar-refractivity contribution in [3.63, 3.8) is 0 Å². The Kier molecular flexibility index (Phi) is 61.2. The first-order chi connectivity index (χ1) is 35.7. The van der Waals surface area contributed by atoms with Crippen LogP contribution in [-0.4, -0.2) is 34.9 Å². The van der Waals surface area contributed by atoms with Crippen molar-refractivity contribution >= 4 is 5.91 Å².